The van der Waals surface area contributed by atoms with Crippen molar-refractivity contribution in [3.05, 3.63) is 35.4 Å². The number of methoxy groups -OCH3 is 1. The van der Waals surface area contributed by atoms with Crippen LogP contribution in [0.25, 0.3) is 0 Å². The molecule has 0 bridgehead atoms. The van der Waals surface area contributed by atoms with E-state index in [1.165, 1.54) is 5.56 Å². The van der Waals surface area contributed by atoms with Gasteiger partial charge in [0.15, 0.2) is 17.8 Å². The molecule has 1 aromatic rings. The minimum atomic E-state index is -0.376. The van der Waals surface area contributed by atoms with E-state index in [9.17, 15) is 0 Å². The molecule has 1 saturated heterocycles. The molecule has 0 saturated carbocycles. The smallest absolute Gasteiger partial charge is 0.231 e. The SMILES string of the molecule is CCO[C@@H]1O[C@@H]2CN[C@H]3C[C@H](OC)C=C[C@]32c2cc3c(cc21)OCO3. The van der Waals surface area contributed by atoms with Gasteiger partial charge in [0, 0.05) is 31.9 Å². The summed E-state index contributed by atoms with van der Waals surface area (Å²) in [5.41, 5.74) is 2.03. The Hall–Kier alpha value is -1.60. The number of ether oxygens (including phenoxy) is 5. The van der Waals surface area contributed by atoms with Crippen LogP contribution in [0.3, 0.4) is 0 Å². The zero-order valence-corrected chi connectivity index (χ0v) is 14.5. The zero-order chi connectivity index (χ0) is 17.0. The molecule has 1 spiro atoms. The van der Waals surface area contributed by atoms with Crippen molar-refractivity contribution in [2.24, 2.45) is 0 Å². The third-order valence-corrected chi connectivity index (χ3v) is 5.89. The second kappa shape index (κ2) is 5.71. The van der Waals surface area contributed by atoms with E-state index in [0.29, 0.717) is 6.61 Å². The van der Waals surface area contributed by atoms with Gasteiger partial charge in [-0.3, -0.25) is 0 Å². The van der Waals surface area contributed by atoms with Gasteiger partial charge < -0.3 is 29.0 Å². The lowest BCUT2D eigenvalue weighted by Crippen LogP contribution is -2.52. The molecule has 25 heavy (non-hydrogen) atoms. The molecule has 3 aliphatic heterocycles. The van der Waals surface area contributed by atoms with Crippen LogP contribution in [0.15, 0.2) is 24.3 Å². The molecule has 0 amide bonds. The molecular formula is C19H23NO5. The van der Waals surface area contributed by atoms with Crippen molar-refractivity contribution in [2.45, 2.75) is 43.3 Å². The van der Waals surface area contributed by atoms with Gasteiger partial charge in [-0.25, -0.2) is 0 Å². The third-order valence-electron chi connectivity index (χ3n) is 5.89. The second-order valence-corrected chi connectivity index (χ2v) is 6.97. The first-order valence-electron chi connectivity index (χ1n) is 8.93. The maximum atomic E-state index is 6.39. The molecule has 1 aromatic carbocycles. The Morgan fingerprint density at radius 1 is 1.28 bits per heavy atom. The lowest BCUT2D eigenvalue weighted by molar-refractivity contribution is -0.189. The first kappa shape index (κ1) is 15.6. The molecule has 5 atom stereocenters. The highest BCUT2D eigenvalue weighted by Gasteiger charge is 2.57. The van der Waals surface area contributed by atoms with Crippen LogP contribution in [0, 0.1) is 0 Å². The summed E-state index contributed by atoms with van der Waals surface area (Å²) in [4.78, 5) is 0. The van der Waals surface area contributed by atoms with Crippen LogP contribution in [0.4, 0.5) is 0 Å². The summed E-state index contributed by atoms with van der Waals surface area (Å²) in [6.45, 7) is 3.64. The molecule has 6 nitrogen and oxygen atoms in total. The van der Waals surface area contributed by atoms with Crippen LogP contribution < -0.4 is 14.8 Å². The van der Waals surface area contributed by atoms with Crippen molar-refractivity contribution >= 4 is 0 Å². The second-order valence-electron chi connectivity index (χ2n) is 6.97. The van der Waals surface area contributed by atoms with Gasteiger partial charge in [0.25, 0.3) is 0 Å². The van der Waals surface area contributed by atoms with Crippen molar-refractivity contribution in [2.75, 3.05) is 27.1 Å². The molecular weight excluding hydrogens is 322 g/mol. The topological polar surface area (TPSA) is 58.2 Å². The molecule has 6 heteroatoms. The monoisotopic (exact) mass is 345 g/mol. The van der Waals surface area contributed by atoms with E-state index >= 15 is 0 Å². The van der Waals surface area contributed by atoms with E-state index < -0.39 is 0 Å². The molecule has 4 aliphatic rings. The summed E-state index contributed by atoms with van der Waals surface area (Å²) in [7, 11) is 1.76. The van der Waals surface area contributed by atoms with E-state index in [-0.39, 0.29) is 36.7 Å². The van der Waals surface area contributed by atoms with Crippen LogP contribution in [0.2, 0.25) is 0 Å². The largest absolute Gasteiger partial charge is 0.454 e. The fourth-order valence-electron chi connectivity index (χ4n) is 4.71. The van der Waals surface area contributed by atoms with E-state index in [1.807, 2.05) is 13.0 Å². The Bertz CT molecular complexity index is 720. The predicted molar refractivity (Wildman–Crippen MR) is 89.8 cm³/mol. The highest BCUT2D eigenvalue weighted by atomic mass is 16.7. The van der Waals surface area contributed by atoms with Crippen molar-refractivity contribution in [3.63, 3.8) is 0 Å². The molecule has 5 rings (SSSR count). The minimum Gasteiger partial charge on any atom is -0.454 e. The highest BCUT2D eigenvalue weighted by molar-refractivity contribution is 5.56. The molecule has 1 aliphatic carbocycles. The third kappa shape index (κ3) is 2.11. The fourth-order valence-corrected chi connectivity index (χ4v) is 4.71. The minimum absolute atomic E-state index is 0.0241. The Morgan fingerprint density at radius 3 is 2.92 bits per heavy atom. The Labute approximate surface area is 147 Å². The number of rotatable bonds is 3. The first-order valence-corrected chi connectivity index (χ1v) is 8.93. The normalized spacial score (nSPS) is 37.5. The average Bonchev–Trinajstić information content (AvgIpc) is 3.24. The van der Waals surface area contributed by atoms with Gasteiger partial charge in [0.2, 0.25) is 6.79 Å². The number of benzene rings is 1. The Balaban J connectivity index is 1.68. The van der Waals surface area contributed by atoms with E-state index in [1.54, 1.807) is 7.11 Å². The average molecular weight is 345 g/mol. The summed E-state index contributed by atoms with van der Waals surface area (Å²) >= 11 is 0. The van der Waals surface area contributed by atoms with Gasteiger partial charge in [0.05, 0.1) is 17.6 Å². The van der Waals surface area contributed by atoms with Gasteiger partial charge >= 0.3 is 0 Å². The van der Waals surface area contributed by atoms with Gasteiger partial charge in [0.1, 0.15) is 0 Å². The van der Waals surface area contributed by atoms with Crippen LogP contribution in [-0.2, 0) is 19.6 Å². The molecule has 0 radical (unpaired) electrons. The molecule has 1 N–H and O–H groups in total. The van der Waals surface area contributed by atoms with Crippen LogP contribution in [0.1, 0.15) is 30.8 Å². The summed E-state index contributed by atoms with van der Waals surface area (Å²) in [5, 5.41) is 3.64. The number of fused-ring (bicyclic) bond motifs is 2. The predicted octanol–water partition coefficient (Wildman–Crippen LogP) is 2.03. The molecule has 134 valence electrons. The van der Waals surface area contributed by atoms with Crippen LogP contribution >= 0.6 is 0 Å². The quantitative estimate of drug-likeness (QED) is 0.846. The van der Waals surface area contributed by atoms with Crippen molar-refractivity contribution in [3.8, 4) is 11.5 Å². The number of hydrogen-bond donors (Lipinski definition) is 1. The van der Waals surface area contributed by atoms with Gasteiger partial charge in [-0.2, -0.15) is 0 Å². The molecule has 1 fully saturated rings. The Kier molecular flexibility index (Phi) is 3.57. The van der Waals surface area contributed by atoms with E-state index in [0.717, 1.165) is 30.0 Å². The standard InChI is InChI=1S/C19H23NO5/c1-3-22-18-12-7-14-15(24-10-23-14)8-13(12)19-5-4-11(21-2)6-16(19)20-9-17(19)25-18/h4-5,7-8,11,16-18,20H,3,6,9-10H2,1-2H3/t11-,16+,17-,18-,19+/m1/s1. The van der Waals surface area contributed by atoms with Gasteiger partial charge in [-0.1, -0.05) is 12.2 Å². The summed E-state index contributed by atoms with van der Waals surface area (Å²) in [6.07, 6.45) is 5.12. The summed E-state index contributed by atoms with van der Waals surface area (Å²) in [5.74, 6) is 1.57. The summed E-state index contributed by atoms with van der Waals surface area (Å²) in [6, 6.07) is 4.40. The van der Waals surface area contributed by atoms with E-state index in [4.69, 9.17) is 23.7 Å². The fraction of sp³-hybridized carbons (Fsp3) is 0.579. The maximum absolute atomic E-state index is 6.39. The van der Waals surface area contributed by atoms with Crippen molar-refractivity contribution in [1.29, 1.82) is 0 Å². The maximum Gasteiger partial charge on any atom is 0.231 e. The van der Waals surface area contributed by atoms with Gasteiger partial charge in [-0.15, -0.1) is 0 Å². The molecule has 0 aromatic heterocycles. The highest BCUT2D eigenvalue weighted by Crippen LogP contribution is 2.53. The summed E-state index contributed by atoms with van der Waals surface area (Å²) < 4.78 is 29.1. The van der Waals surface area contributed by atoms with Crippen molar-refractivity contribution in [1.82, 2.24) is 5.32 Å². The van der Waals surface area contributed by atoms with Gasteiger partial charge in [-0.05, 0) is 31.0 Å². The Morgan fingerprint density at radius 2 is 2.12 bits per heavy atom. The van der Waals surface area contributed by atoms with E-state index in [2.05, 4.69) is 23.5 Å². The van der Waals surface area contributed by atoms with Crippen LogP contribution in [0.5, 0.6) is 11.5 Å². The zero-order valence-electron chi connectivity index (χ0n) is 14.5. The number of nitrogens with one attached hydrogen (secondary N) is 1. The lowest BCUT2D eigenvalue weighted by atomic mass is 9.65. The molecule has 0 unspecified atom stereocenters. The lowest BCUT2D eigenvalue weighted by Gasteiger charge is -2.46. The number of hydrogen-bond acceptors (Lipinski definition) is 6. The van der Waals surface area contributed by atoms with Crippen LogP contribution in [-0.4, -0.2) is 45.3 Å². The first-order chi connectivity index (χ1) is 12.3. The molecule has 3 heterocycles. The van der Waals surface area contributed by atoms with Crippen molar-refractivity contribution < 1.29 is 23.7 Å².